The number of carbonyl (C=O) groups excluding carboxylic acids is 1. The zero-order valence-corrected chi connectivity index (χ0v) is 11.6. The molecule has 1 saturated carbocycles. The van der Waals surface area contributed by atoms with Crippen LogP contribution in [0.3, 0.4) is 0 Å². The van der Waals surface area contributed by atoms with Crippen LogP contribution in [-0.4, -0.2) is 41.8 Å². The number of carbonyl (C=O) groups is 1. The molecule has 0 radical (unpaired) electrons. The number of hydrogen-bond donors (Lipinski definition) is 2. The average Bonchev–Trinajstić information content (AvgIpc) is 3.03. The Morgan fingerprint density at radius 3 is 2.71 bits per heavy atom. The fourth-order valence-corrected chi connectivity index (χ4v) is 2.95. The summed E-state index contributed by atoms with van der Waals surface area (Å²) >= 11 is 0. The summed E-state index contributed by atoms with van der Waals surface area (Å²) in [4.78, 5) is 13.7. The van der Waals surface area contributed by atoms with Gasteiger partial charge in [0.25, 0.3) is 0 Å². The van der Waals surface area contributed by atoms with Crippen LogP contribution in [0, 0.1) is 17.6 Å². The van der Waals surface area contributed by atoms with Crippen molar-refractivity contribution in [1.82, 2.24) is 10.2 Å². The van der Waals surface area contributed by atoms with E-state index in [9.17, 15) is 13.6 Å². The lowest BCUT2D eigenvalue weighted by molar-refractivity contribution is 0.198. The van der Waals surface area contributed by atoms with Crippen molar-refractivity contribution in [2.24, 2.45) is 5.92 Å². The topological polar surface area (TPSA) is 52.6 Å². The Bertz CT molecular complexity index is 532. The minimum atomic E-state index is -0.557. The van der Waals surface area contributed by atoms with Crippen LogP contribution in [0.5, 0.6) is 0 Å². The lowest BCUT2D eigenvalue weighted by atomic mass is 10.1. The number of nitrogens with zero attached hydrogens (tertiary/aromatic N) is 1. The fraction of sp³-hybridized carbons (Fsp3) is 0.533. The molecule has 3 atom stereocenters. The van der Waals surface area contributed by atoms with Gasteiger partial charge in [-0.05, 0) is 25.0 Å². The van der Waals surface area contributed by atoms with Crippen molar-refractivity contribution in [3.63, 3.8) is 0 Å². The summed E-state index contributed by atoms with van der Waals surface area (Å²) in [5, 5.41) is 11.9. The average molecular weight is 296 g/mol. The van der Waals surface area contributed by atoms with Crippen LogP contribution < -0.4 is 5.32 Å². The van der Waals surface area contributed by atoms with Crippen LogP contribution in [-0.2, 0) is 0 Å². The van der Waals surface area contributed by atoms with Gasteiger partial charge in [0.15, 0.2) is 0 Å². The third-order valence-corrected chi connectivity index (χ3v) is 4.30. The Kier molecular flexibility index (Phi) is 3.80. The van der Waals surface area contributed by atoms with E-state index in [4.69, 9.17) is 5.11 Å². The van der Waals surface area contributed by atoms with E-state index in [1.165, 1.54) is 18.2 Å². The first-order valence-corrected chi connectivity index (χ1v) is 7.20. The van der Waals surface area contributed by atoms with E-state index in [2.05, 4.69) is 5.32 Å². The Balaban J connectivity index is 1.58. The molecule has 1 aromatic rings. The second kappa shape index (κ2) is 5.60. The zero-order valence-electron chi connectivity index (χ0n) is 11.6. The molecule has 1 saturated heterocycles. The van der Waals surface area contributed by atoms with Crippen molar-refractivity contribution in [3.05, 3.63) is 35.4 Å². The third kappa shape index (κ3) is 2.85. The summed E-state index contributed by atoms with van der Waals surface area (Å²) in [6.45, 7) is 1.23. The molecule has 2 aliphatic rings. The van der Waals surface area contributed by atoms with Gasteiger partial charge in [0.05, 0.1) is 0 Å². The molecule has 1 aliphatic heterocycles. The van der Waals surface area contributed by atoms with Gasteiger partial charge in [-0.3, -0.25) is 0 Å². The molecule has 0 spiro atoms. The van der Waals surface area contributed by atoms with Crippen molar-refractivity contribution in [2.45, 2.75) is 24.8 Å². The number of halogens is 2. The lowest BCUT2D eigenvalue weighted by Crippen LogP contribution is -2.40. The first kappa shape index (κ1) is 14.3. The number of likely N-dealkylation sites (tertiary alicyclic amines) is 1. The Morgan fingerprint density at radius 2 is 2.10 bits per heavy atom. The van der Waals surface area contributed by atoms with E-state index in [-0.39, 0.29) is 36.1 Å². The Labute approximate surface area is 121 Å². The molecule has 3 unspecified atom stereocenters. The molecule has 0 aromatic heterocycles. The first-order valence-electron chi connectivity index (χ1n) is 7.20. The first-order chi connectivity index (χ1) is 10.1. The van der Waals surface area contributed by atoms with Crippen molar-refractivity contribution in [2.75, 3.05) is 19.7 Å². The summed E-state index contributed by atoms with van der Waals surface area (Å²) in [5.74, 6) is -1.27. The highest BCUT2D eigenvalue weighted by molar-refractivity contribution is 5.75. The van der Waals surface area contributed by atoms with Gasteiger partial charge in [-0.15, -0.1) is 0 Å². The molecule has 2 amide bonds. The van der Waals surface area contributed by atoms with Gasteiger partial charge in [-0.1, -0.05) is 6.07 Å². The highest BCUT2D eigenvalue weighted by Crippen LogP contribution is 2.43. The van der Waals surface area contributed by atoms with E-state index in [0.717, 1.165) is 6.42 Å². The lowest BCUT2D eigenvalue weighted by Gasteiger charge is -2.17. The van der Waals surface area contributed by atoms with E-state index < -0.39 is 11.6 Å². The number of urea groups is 1. The molecule has 114 valence electrons. The number of hydrogen-bond acceptors (Lipinski definition) is 2. The third-order valence-electron chi connectivity index (χ3n) is 4.30. The van der Waals surface area contributed by atoms with Gasteiger partial charge in [0.1, 0.15) is 11.6 Å². The Morgan fingerprint density at radius 1 is 1.38 bits per heavy atom. The summed E-state index contributed by atoms with van der Waals surface area (Å²) in [7, 11) is 0. The standard InChI is InChI=1S/C15H18F2N2O2/c16-11-2-1-3-12(17)14(11)10-6-13(10)18-15(21)19-5-4-9(7-19)8-20/h1-3,9-10,13,20H,4-8H2,(H,18,21). The number of nitrogens with one attached hydrogen (secondary N) is 1. The van der Waals surface area contributed by atoms with E-state index in [0.29, 0.717) is 19.5 Å². The number of amides is 2. The molecule has 2 fully saturated rings. The predicted octanol–water partition coefficient (Wildman–Crippen LogP) is 1.84. The molecule has 1 aliphatic carbocycles. The van der Waals surface area contributed by atoms with Crippen LogP contribution in [0.2, 0.25) is 0 Å². The second-order valence-electron chi connectivity index (χ2n) is 5.82. The normalized spacial score (nSPS) is 27.8. The number of benzene rings is 1. The predicted molar refractivity (Wildman–Crippen MR) is 72.8 cm³/mol. The number of rotatable bonds is 3. The highest BCUT2D eigenvalue weighted by atomic mass is 19.1. The number of aliphatic hydroxyl groups is 1. The van der Waals surface area contributed by atoms with Gasteiger partial charge < -0.3 is 15.3 Å². The van der Waals surface area contributed by atoms with Gasteiger partial charge >= 0.3 is 6.03 Å². The van der Waals surface area contributed by atoms with Crippen LogP contribution in [0.25, 0.3) is 0 Å². The monoisotopic (exact) mass is 296 g/mol. The van der Waals surface area contributed by atoms with Crippen LogP contribution in [0.15, 0.2) is 18.2 Å². The molecular weight excluding hydrogens is 278 g/mol. The SMILES string of the molecule is O=C(NC1CC1c1c(F)cccc1F)N1CCC(CO)C1. The molecule has 0 bridgehead atoms. The maximum absolute atomic E-state index is 13.7. The van der Waals surface area contributed by atoms with Crippen LogP contribution in [0.1, 0.15) is 24.3 Å². The van der Waals surface area contributed by atoms with Crippen molar-refractivity contribution in [3.8, 4) is 0 Å². The quantitative estimate of drug-likeness (QED) is 0.894. The zero-order chi connectivity index (χ0) is 15.0. The summed E-state index contributed by atoms with van der Waals surface area (Å²) < 4.78 is 27.3. The van der Waals surface area contributed by atoms with E-state index in [1.54, 1.807) is 4.90 Å². The van der Waals surface area contributed by atoms with Crippen molar-refractivity contribution < 1.29 is 18.7 Å². The summed E-state index contributed by atoms with van der Waals surface area (Å²) in [5.41, 5.74) is 0.0671. The fourth-order valence-electron chi connectivity index (χ4n) is 2.95. The van der Waals surface area contributed by atoms with Gasteiger partial charge in [-0.25, -0.2) is 13.6 Å². The molecular formula is C15H18F2N2O2. The molecule has 21 heavy (non-hydrogen) atoms. The molecule has 2 N–H and O–H groups in total. The molecule has 4 nitrogen and oxygen atoms in total. The maximum Gasteiger partial charge on any atom is 0.317 e. The summed E-state index contributed by atoms with van der Waals surface area (Å²) in [6, 6.07) is 3.39. The van der Waals surface area contributed by atoms with Crippen molar-refractivity contribution in [1.29, 1.82) is 0 Å². The number of aliphatic hydroxyl groups excluding tert-OH is 1. The molecule has 1 heterocycles. The smallest absolute Gasteiger partial charge is 0.317 e. The maximum atomic E-state index is 13.7. The van der Waals surface area contributed by atoms with Crippen LogP contribution >= 0.6 is 0 Å². The van der Waals surface area contributed by atoms with E-state index in [1.807, 2.05) is 0 Å². The van der Waals surface area contributed by atoms with Gasteiger partial charge in [0, 0.05) is 43.1 Å². The van der Waals surface area contributed by atoms with Crippen LogP contribution in [0.4, 0.5) is 13.6 Å². The van der Waals surface area contributed by atoms with Gasteiger partial charge in [-0.2, -0.15) is 0 Å². The molecule has 1 aromatic carbocycles. The molecule has 3 rings (SSSR count). The second-order valence-corrected chi connectivity index (χ2v) is 5.82. The minimum Gasteiger partial charge on any atom is -0.396 e. The largest absolute Gasteiger partial charge is 0.396 e. The summed E-state index contributed by atoms with van der Waals surface area (Å²) in [6.07, 6.45) is 1.35. The van der Waals surface area contributed by atoms with E-state index >= 15 is 0 Å². The highest BCUT2D eigenvalue weighted by Gasteiger charge is 2.43. The molecule has 6 heteroatoms. The van der Waals surface area contributed by atoms with Gasteiger partial charge in [0.2, 0.25) is 0 Å². The van der Waals surface area contributed by atoms with Crippen molar-refractivity contribution >= 4 is 6.03 Å². The Hall–Kier alpha value is -1.69. The minimum absolute atomic E-state index is 0.0671.